The second-order valence-corrected chi connectivity index (χ2v) is 9.40. The van der Waals surface area contributed by atoms with Crippen LogP contribution in [-0.4, -0.2) is 46.4 Å². The summed E-state index contributed by atoms with van der Waals surface area (Å²) in [6.07, 6.45) is 5.60. The van der Waals surface area contributed by atoms with Crippen LogP contribution in [-0.2, 0) is 22.6 Å². The number of hydrogen-bond acceptors (Lipinski definition) is 3. The van der Waals surface area contributed by atoms with Gasteiger partial charge in [0.1, 0.15) is 0 Å². The summed E-state index contributed by atoms with van der Waals surface area (Å²) in [5.74, 6) is 0.157. The summed E-state index contributed by atoms with van der Waals surface area (Å²) in [5.41, 5.74) is 2.84. The van der Waals surface area contributed by atoms with E-state index in [1.807, 2.05) is 82.6 Å². The van der Waals surface area contributed by atoms with Gasteiger partial charge in [0.25, 0.3) is 0 Å². The molecule has 2 fully saturated rings. The van der Waals surface area contributed by atoms with Crippen LogP contribution in [0.3, 0.4) is 0 Å². The van der Waals surface area contributed by atoms with Crippen LogP contribution >= 0.6 is 0 Å². The third-order valence-electron chi connectivity index (χ3n) is 7.11. The van der Waals surface area contributed by atoms with Gasteiger partial charge in [-0.15, -0.1) is 0 Å². The van der Waals surface area contributed by atoms with Crippen molar-refractivity contribution in [2.75, 3.05) is 13.1 Å². The Labute approximate surface area is 207 Å². The zero-order valence-electron chi connectivity index (χ0n) is 19.8. The van der Waals surface area contributed by atoms with Gasteiger partial charge in [0, 0.05) is 38.6 Å². The first-order valence-electron chi connectivity index (χ1n) is 12.3. The van der Waals surface area contributed by atoms with Crippen LogP contribution in [0.4, 0.5) is 0 Å². The maximum atomic E-state index is 13.6. The van der Waals surface area contributed by atoms with Gasteiger partial charge in [-0.05, 0) is 29.2 Å². The van der Waals surface area contributed by atoms with Crippen molar-refractivity contribution in [2.45, 2.75) is 37.5 Å². The number of likely N-dealkylation sites (tertiary alicyclic amines) is 1. The molecule has 0 saturated carbocycles. The van der Waals surface area contributed by atoms with Gasteiger partial charge in [-0.2, -0.15) is 0 Å². The van der Waals surface area contributed by atoms with E-state index >= 15 is 0 Å². The Kier molecular flexibility index (Phi) is 6.77. The second-order valence-electron chi connectivity index (χ2n) is 9.40. The zero-order chi connectivity index (χ0) is 24.1. The molecule has 3 aromatic carbocycles. The molecule has 1 spiro atoms. The number of nitrogens with zero attached hydrogens (tertiary/aromatic N) is 2. The van der Waals surface area contributed by atoms with Gasteiger partial charge in [0.05, 0.1) is 11.7 Å². The van der Waals surface area contributed by atoms with E-state index in [2.05, 4.69) is 29.6 Å². The second kappa shape index (κ2) is 10.3. The highest BCUT2D eigenvalue weighted by Crippen LogP contribution is 2.34. The molecule has 0 radical (unpaired) electrons. The molecule has 5 nitrogen and oxygen atoms in total. The van der Waals surface area contributed by atoms with Crippen molar-refractivity contribution >= 4 is 17.9 Å². The van der Waals surface area contributed by atoms with Gasteiger partial charge in [0.15, 0.2) is 0 Å². The zero-order valence-corrected chi connectivity index (χ0v) is 19.8. The van der Waals surface area contributed by atoms with Gasteiger partial charge in [0.2, 0.25) is 11.8 Å². The summed E-state index contributed by atoms with van der Waals surface area (Å²) in [7, 11) is 0. The summed E-state index contributed by atoms with van der Waals surface area (Å²) in [4.78, 5) is 30.4. The third kappa shape index (κ3) is 5.20. The molecule has 0 aliphatic carbocycles. The molecule has 1 N–H and O–H groups in total. The van der Waals surface area contributed by atoms with Crippen LogP contribution in [0, 0.1) is 0 Å². The highest BCUT2D eigenvalue weighted by Gasteiger charge is 2.51. The fourth-order valence-electron chi connectivity index (χ4n) is 5.19. The van der Waals surface area contributed by atoms with Crippen LogP contribution in [0.25, 0.3) is 6.08 Å². The molecule has 35 heavy (non-hydrogen) atoms. The maximum Gasteiger partial charge on any atom is 0.246 e. The largest absolute Gasteiger partial charge is 0.339 e. The van der Waals surface area contributed by atoms with Crippen molar-refractivity contribution in [1.29, 1.82) is 0 Å². The molecule has 0 bridgehead atoms. The van der Waals surface area contributed by atoms with E-state index in [-0.39, 0.29) is 17.9 Å². The van der Waals surface area contributed by atoms with E-state index in [0.717, 1.165) is 16.7 Å². The Hall–Kier alpha value is -3.70. The lowest BCUT2D eigenvalue weighted by atomic mass is 9.95. The number of carbonyl (C=O) groups is 2. The minimum atomic E-state index is -0.438. The first-order chi connectivity index (χ1) is 17.1. The van der Waals surface area contributed by atoms with Gasteiger partial charge < -0.3 is 9.80 Å². The lowest BCUT2D eigenvalue weighted by Crippen LogP contribution is -2.59. The first-order valence-corrected chi connectivity index (χ1v) is 12.3. The molecular formula is C30H31N3O2. The van der Waals surface area contributed by atoms with E-state index in [0.29, 0.717) is 38.9 Å². The van der Waals surface area contributed by atoms with Crippen molar-refractivity contribution in [3.05, 3.63) is 114 Å². The van der Waals surface area contributed by atoms with Gasteiger partial charge in [-0.3, -0.25) is 14.9 Å². The van der Waals surface area contributed by atoms with Crippen LogP contribution in [0.15, 0.2) is 97.1 Å². The molecule has 3 aromatic rings. The van der Waals surface area contributed by atoms with Crippen LogP contribution in [0.1, 0.15) is 29.5 Å². The number of amides is 2. The molecule has 1 unspecified atom stereocenters. The van der Waals surface area contributed by atoms with Gasteiger partial charge >= 0.3 is 0 Å². The Bertz CT molecular complexity index is 1170. The molecule has 5 rings (SSSR count). The number of carbonyl (C=O) groups excluding carboxylic acids is 2. The van der Waals surface area contributed by atoms with E-state index in [1.165, 1.54) is 0 Å². The van der Waals surface area contributed by atoms with Gasteiger partial charge in [-0.25, -0.2) is 0 Å². The Morgan fingerprint density at radius 3 is 2.06 bits per heavy atom. The van der Waals surface area contributed by atoms with E-state index < -0.39 is 5.66 Å². The average molecular weight is 466 g/mol. The molecule has 1 atom stereocenters. The fourth-order valence-corrected chi connectivity index (χ4v) is 5.19. The Morgan fingerprint density at radius 1 is 0.857 bits per heavy atom. The molecule has 2 aliphatic rings. The molecule has 2 saturated heterocycles. The van der Waals surface area contributed by atoms with Gasteiger partial charge in [-0.1, -0.05) is 91.0 Å². The number of nitrogens with one attached hydrogen (secondary N) is 1. The SMILES string of the molecule is O=C(C=Cc1ccccc1)N1CCC2(CC1)NC(Cc1ccccc1)C(=O)N2Cc1ccccc1. The number of benzene rings is 3. The minimum absolute atomic E-state index is 0.0171. The first kappa shape index (κ1) is 23.1. The van der Waals surface area contributed by atoms with Crippen molar-refractivity contribution in [2.24, 2.45) is 0 Å². The quantitative estimate of drug-likeness (QED) is 0.554. The number of hydrogen-bond donors (Lipinski definition) is 1. The smallest absolute Gasteiger partial charge is 0.246 e. The van der Waals surface area contributed by atoms with Crippen LogP contribution < -0.4 is 5.32 Å². The van der Waals surface area contributed by atoms with Crippen molar-refractivity contribution in [3.63, 3.8) is 0 Å². The summed E-state index contributed by atoms with van der Waals surface area (Å²) in [5, 5.41) is 3.71. The molecule has 178 valence electrons. The average Bonchev–Trinajstić information content (AvgIpc) is 3.14. The van der Waals surface area contributed by atoms with E-state index in [9.17, 15) is 9.59 Å². The topological polar surface area (TPSA) is 52.7 Å². The summed E-state index contributed by atoms with van der Waals surface area (Å²) < 4.78 is 0. The summed E-state index contributed by atoms with van der Waals surface area (Å²) in [6.45, 7) is 1.79. The molecular weight excluding hydrogens is 434 g/mol. The third-order valence-corrected chi connectivity index (χ3v) is 7.11. The predicted molar refractivity (Wildman–Crippen MR) is 138 cm³/mol. The highest BCUT2D eigenvalue weighted by atomic mass is 16.2. The highest BCUT2D eigenvalue weighted by molar-refractivity contribution is 5.92. The maximum absolute atomic E-state index is 13.6. The van der Waals surface area contributed by atoms with Crippen molar-refractivity contribution in [3.8, 4) is 0 Å². The monoisotopic (exact) mass is 465 g/mol. The Balaban J connectivity index is 1.31. The molecule has 0 aromatic heterocycles. The number of piperidine rings is 1. The lowest BCUT2D eigenvalue weighted by Gasteiger charge is -2.44. The van der Waals surface area contributed by atoms with E-state index in [4.69, 9.17) is 0 Å². The summed E-state index contributed by atoms with van der Waals surface area (Å²) in [6, 6.07) is 29.9. The lowest BCUT2D eigenvalue weighted by molar-refractivity contribution is -0.135. The van der Waals surface area contributed by atoms with E-state index in [1.54, 1.807) is 6.08 Å². The van der Waals surface area contributed by atoms with Crippen molar-refractivity contribution in [1.82, 2.24) is 15.1 Å². The fraction of sp³-hybridized carbons (Fsp3) is 0.267. The normalized spacial score (nSPS) is 19.5. The molecule has 5 heteroatoms. The predicted octanol–water partition coefficient (Wildman–Crippen LogP) is 4.26. The number of rotatable bonds is 6. The Morgan fingerprint density at radius 2 is 1.43 bits per heavy atom. The standard InChI is InChI=1S/C30H31N3O2/c34-28(17-16-24-10-4-1-5-11-24)32-20-18-30(19-21-32)31-27(22-25-12-6-2-7-13-25)29(35)33(30)23-26-14-8-3-9-15-26/h1-17,27,31H,18-23H2. The molecule has 2 heterocycles. The molecule has 2 amide bonds. The van der Waals surface area contributed by atoms with Crippen LogP contribution in [0.5, 0.6) is 0 Å². The van der Waals surface area contributed by atoms with Crippen LogP contribution in [0.2, 0.25) is 0 Å². The minimum Gasteiger partial charge on any atom is -0.339 e. The summed E-state index contributed by atoms with van der Waals surface area (Å²) >= 11 is 0. The van der Waals surface area contributed by atoms with Crippen molar-refractivity contribution < 1.29 is 9.59 Å². The molecule has 2 aliphatic heterocycles.